The summed E-state index contributed by atoms with van der Waals surface area (Å²) in [6.45, 7) is 5.93. The lowest BCUT2D eigenvalue weighted by Crippen LogP contribution is -2.46. The molecule has 1 atom stereocenters. The largest absolute Gasteiger partial charge is 0.441 e. The summed E-state index contributed by atoms with van der Waals surface area (Å²) in [5.74, 6) is 2.34. The van der Waals surface area contributed by atoms with Crippen LogP contribution in [0.15, 0.2) is 22.7 Å². The average Bonchev–Trinajstić information content (AvgIpc) is 3.19. The van der Waals surface area contributed by atoms with E-state index in [9.17, 15) is 0 Å². The van der Waals surface area contributed by atoms with Crippen molar-refractivity contribution in [1.82, 2.24) is 14.9 Å². The predicted molar refractivity (Wildman–Crippen MR) is 99.0 cm³/mol. The summed E-state index contributed by atoms with van der Waals surface area (Å²) < 4.78 is 5.95. The maximum Gasteiger partial charge on any atom is 0.195 e. The fourth-order valence-electron chi connectivity index (χ4n) is 4.61. The molecule has 5 heterocycles. The summed E-state index contributed by atoms with van der Waals surface area (Å²) in [6, 6.07) is 4.20. The van der Waals surface area contributed by atoms with Crippen LogP contribution in [0.5, 0.6) is 0 Å². The van der Waals surface area contributed by atoms with Crippen LogP contribution >= 0.6 is 12.4 Å². The molecule has 0 radical (unpaired) electrons. The topological polar surface area (TPSA) is 45.1 Å². The quantitative estimate of drug-likeness (QED) is 0.760. The van der Waals surface area contributed by atoms with Gasteiger partial charge in [-0.15, -0.1) is 12.4 Å². The van der Waals surface area contributed by atoms with Crippen LogP contribution in [0.25, 0.3) is 22.0 Å². The lowest BCUT2D eigenvalue weighted by molar-refractivity contribution is 0.0877. The van der Waals surface area contributed by atoms with E-state index in [1.54, 1.807) is 0 Å². The molecule has 24 heavy (non-hydrogen) atoms. The molecule has 0 saturated carbocycles. The second kappa shape index (κ2) is 6.08. The van der Waals surface area contributed by atoms with E-state index in [2.05, 4.69) is 35.1 Å². The fraction of sp³-hybridized carbons (Fsp3) is 0.526. The van der Waals surface area contributed by atoms with Crippen molar-refractivity contribution >= 4 is 34.4 Å². The summed E-state index contributed by atoms with van der Waals surface area (Å²) in [4.78, 5) is 10.9. The molecule has 3 aromatic rings. The van der Waals surface area contributed by atoms with Crippen LogP contribution in [0.1, 0.15) is 43.6 Å². The highest BCUT2D eigenvalue weighted by atomic mass is 35.5. The van der Waals surface area contributed by atoms with Gasteiger partial charge < -0.3 is 14.3 Å². The Balaban J connectivity index is 0.00000146. The van der Waals surface area contributed by atoms with Gasteiger partial charge in [0.2, 0.25) is 0 Å². The van der Waals surface area contributed by atoms with Gasteiger partial charge in [0, 0.05) is 36.0 Å². The van der Waals surface area contributed by atoms with Crippen LogP contribution in [-0.2, 0) is 6.42 Å². The molecule has 5 heteroatoms. The van der Waals surface area contributed by atoms with Crippen molar-refractivity contribution in [3.05, 3.63) is 29.8 Å². The van der Waals surface area contributed by atoms with Gasteiger partial charge in [-0.05, 0) is 56.0 Å². The van der Waals surface area contributed by atoms with Gasteiger partial charge in [0.1, 0.15) is 5.52 Å². The van der Waals surface area contributed by atoms with E-state index in [-0.39, 0.29) is 12.4 Å². The third kappa shape index (κ3) is 2.35. The van der Waals surface area contributed by atoms with E-state index >= 15 is 0 Å². The maximum absolute atomic E-state index is 5.95. The lowest BCUT2D eigenvalue weighted by Gasteiger charge is -2.44. The fourth-order valence-corrected chi connectivity index (χ4v) is 4.61. The van der Waals surface area contributed by atoms with Gasteiger partial charge in [-0.3, -0.25) is 0 Å². The first-order valence-corrected chi connectivity index (χ1v) is 8.95. The number of aryl methyl sites for hydroxylation is 1. The Labute approximate surface area is 148 Å². The molecule has 3 fully saturated rings. The molecule has 0 spiro atoms. The van der Waals surface area contributed by atoms with Gasteiger partial charge in [-0.1, -0.05) is 6.92 Å². The summed E-state index contributed by atoms with van der Waals surface area (Å²) in [5, 5.41) is 1.30. The summed E-state index contributed by atoms with van der Waals surface area (Å²) >= 11 is 0. The van der Waals surface area contributed by atoms with Gasteiger partial charge >= 0.3 is 0 Å². The van der Waals surface area contributed by atoms with Crippen molar-refractivity contribution in [2.75, 3.05) is 19.6 Å². The molecule has 3 aliphatic heterocycles. The smallest absolute Gasteiger partial charge is 0.195 e. The number of oxazole rings is 1. The standard InChI is InChI=1S/C19H23N3O.ClH/c1-2-3-17-21-19-16(23-17)5-4-15-18(19)13(10-20-15)14-11-22-8-6-12(14)7-9-22;/h4-5,10,12,14,20H,2-3,6-9,11H2,1H3;1H. The number of fused-ring (bicyclic) bond motifs is 6. The molecule has 1 aromatic carbocycles. The number of aromatic nitrogens is 2. The van der Waals surface area contributed by atoms with Crippen molar-refractivity contribution in [2.24, 2.45) is 5.92 Å². The first-order chi connectivity index (χ1) is 11.3. The maximum atomic E-state index is 5.95. The van der Waals surface area contributed by atoms with Crippen molar-refractivity contribution in [1.29, 1.82) is 0 Å². The average molecular weight is 346 g/mol. The van der Waals surface area contributed by atoms with Crippen LogP contribution in [0.3, 0.4) is 0 Å². The number of nitrogens with zero attached hydrogens (tertiary/aromatic N) is 2. The van der Waals surface area contributed by atoms with Crippen molar-refractivity contribution in [3.8, 4) is 0 Å². The zero-order valence-corrected chi connectivity index (χ0v) is 14.9. The molecule has 2 bridgehead atoms. The van der Waals surface area contributed by atoms with Crippen molar-refractivity contribution in [3.63, 3.8) is 0 Å². The number of H-pyrrole nitrogens is 1. The number of rotatable bonds is 3. The molecular formula is C19H24ClN3O. The molecule has 128 valence electrons. The number of hydrogen-bond acceptors (Lipinski definition) is 3. The second-order valence-corrected chi connectivity index (χ2v) is 7.18. The predicted octanol–water partition coefficient (Wildman–Crippen LogP) is 4.49. The summed E-state index contributed by atoms with van der Waals surface area (Å²) in [6.07, 6.45) is 6.89. The van der Waals surface area contributed by atoms with Crippen LogP contribution in [0.4, 0.5) is 0 Å². The highest BCUT2D eigenvalue weighted by Gasteiger charge is 2.36. The SMILES string of the molecule is CCCc1nc2c(ccc3[nH]cc(C4CN5CCC4CC5)c32)o1.Cl. The van der Waals surface area contributed by atoms with Gasteiger partial charge in [-0.2, -0.15) is 0 Å². The van der Waals surface area contributed by atoms with Crippen molar-refractivity contribution in [2.45, 2.75) is 38.5 Å². The molecule has 1 unspecified atom stereocenters. The monoisotopic (exact) mass is 345 g/mol. The van der Waals surface area contributed by atoms with Crippen LogP contribution in [0, 0.1) is 5.92 Å². The number of benzene rings is 1. The first kappa shape index (κ1) is 16.0. The Kier molecular flexibility index (Phi) is 4.05. The highest BCUT2D eigenvalue weighted by molar-refractivity contribution is 6.04. The van der Waals surface area contributed by atoms with Gasteiger partial charge in [-0.25, -0.2) is 4.98 Å². The Morgan fingerprint density at radius 2 is 2.12 bits per heavy atom. The number of halogens is 1. The van der Waals surface area contributed by atoms with Gasteiger partial charge in [0.15, 0.2) is 11.5 Å². The minimum atomic E-state index is 0. The Morgan fingerprint density at radius 3 is 2.83 bits per heavy atom. The summed E-state index contributed by atoms with van der Waals surface area (Å²) in [5.41, 5.74) is 4.64. The third-order valence-electron chi connectivity index (χ3n) is 5.80. The molecule has 3 saturated heterocycles. The molecule has 6 rings (SSSR count). The van der Waals surface area contributed by atoms with Crippen LogP contribution < -0.4 is 0 Å². The van der Waals surface area contributed by atoms with Crippen molar-refractivity contribution < 1.29 is 4.42 Å². The molecular weight excluding hydrogens is 322 g/mol. The van der Waals surface area contributed by atoms with E-state index in [1.165, 1.54) is 48.9 Å². The van der Waals surface area contributed by atoms with E-state index in [1.807, 2.05) is 0 Å². The van der Waals surface area contributed by atoms with Gasteiger partial charge in [0.05, 0.1) is 0 Å². The molecule has 0 amide bonds. The normalized spacial score (nSPS) is 26.1. The lowest BCUT2D eigenvalue weighted by atomic mass is 9.75. The number of nitrogens with one attached hydrogen (secondary N) is 1. The first-order valence-electron chi connectivity index (χ1n) is 8.95. The zero-order valence-electron chi connectivity index (χ0n) is 14.0. The van der Waals surface area contributed by atoms with E-state index < -0.39 is 0 Å². The van der Waals surface area contributed by atoms with Gasteiger partial charge in [0.25, 0.3) is 0 Å². The van der Waals surface area contributed by atoms with E-state index in [0.29, 0.717) is 5.92 Å². The van der Waals surface area contributed by atoms with Crippen LogP contribution in [0.2, 0.25) is 0 Å². The number of aromatic amines is 1. The Bertz CT molecular complexity index is 860. The zero-order chi connectivity index (χ0) is 15.4. The number of piperidine rings is 3. The molecule has 1 N–H and O–H groups in total. The molecule has 3 aliphatic rings. The van der Waals surface area contributed by atoms with E-state index in [4.69, 9.17) is 9.40 Å². The second-order valence-electron chi connectivity index (χ2n) is 7.18. The molecule has 2 aromatic heterocycles. The third-order valence-corrected chi connectivity index (χ3v) is 5.80. The minimum absolute atomic E-state index is 0. The minimum Gasteiger partial charge on any atom is -0.441 e. The highest BCUT2D eigenvalue weighted by Crippen LogP contribution is 2.42. The molecule has 4 nitrogen and oxygen atoms in total. The molecule has 0 aliphatic carbocycles. The Hall–Kier alpha value is -1.52. The van der Waals surface area contributed by atoms with Crippen LogP contribution in [-0.4, -0.2) is 34.5 Å². The van der Waals surface area contributed by atoms with E-state index in [0.717, 1.165) is 35.7 Å². The summed E-state index contributed by atoms with van der Waals surface area (Å²) in [7, 11) is 0. The number of hydrogen-bond donors (Lipinski definition) is 1. The Morgan fingerprint density at radius 1 is 1.29 bits per heavy atom.